The van der Waals surface area contributed by atoms with Gasteiger partial charge in [0, 0.05) is 41.6 Å². The van der Waals surface area contributed by atoms with Crippen molar-refractivity contribution in [1.29, 1.82) is 0 Å². The summed E-state index contributed by atoms with van der Waals surface area (Å²) in [5.41, 5.74) is 6.66. The number of nitrogens with zero attached hydrogens (tertiary/aromatic N) is 2. The number of fused-ring (bicyclic) bond motifs is 2. The van der Waals surface area contributed by atoms with E-state index in [0.717, 1.165) is 5.75 Å². The molecule has 2 aliphatic heterocycles. The van der Waals surface area contributed by atoms with Crippen molar-refractivity contribution in [3.05, 3.63) is 65.4 Å². The van der Waals surface area contributed by atoms with Gasteiger partial charge in [0.25, 0.3) is 0 Å². The summed E-state index contributed by atoms with van der Waals surface area (Å²) in [6.07, 6.45) is 4.57. The number of rotatable bonds is 2. The summed E-state index contributed by atoms with van der Waals surface area (Å²) in [4.78, 5) is 2.33. The Morgan fingerprint density at radius 2 is 1.75 bits per heavy atom. The summed E-state index contributed by atoms with van der Waals surface area (Å²) < 4.78 is 7.89. The second-order valence-corrected chi connectivity index (χ2v) is 9.09. The zero-order valence-corrected chi connectivity index (χ0v) is 18.1. The lowest BCUT2D eigenvalue weighted by Gasteiger charge is -2.23. The SMILES string of the molecule is COc1ccc2c(c1)C(C)(C)[C@H](C)[N+]2=CC=C1N(C)c2ccccc2C1(C)C. The number of methoxy groups -OCH3 is 1. The highest BCUT2D eigenvalue weighted by Crippen LogP contribution is 2.47. The van der Waals surface area contributed by atoms with E-state index in [1.807, 2.05) is 0 Å². The molecule has 0 aromatic heterocycles. The van der Waals surface area contributed by atoms with E-state index >= 15 is 0 Å². The lowest BCUT2D eigenvalue weighted by molar-refractivity contribution is -0.473. The highest BCUT2D eigenvalue weighted by Gasteiger charge is 2.47. The first-order chi connectivity index (χ1) is 13.2. The molecule has 0 fully saturated rings. The molecular weight excluding hydrogens is 344 g/mol. The van der Waals surface area contributed by atoms with Crippen LogP contribution >= 0.6 is 0 Å². The molecule has 4 rings (SSSR count). The quantitative estimate of drug-likeness (QED) is 0.653. The van der Waals surface area contributed by atoms with Crippen molar-refractivity contribution in [2.75, 3.05) is 19.1 Å². The predicted octanol–water partition coefficient (Wildman–Crippen LogP) is 5.40. The molecule has 0 unspecified atom stereocenters. The number of para-hydroxylation sites is 1. The maximum atomic E-state index is 5.47. The summed E-state index contributed by atoms with van der Waals surface area (Å²) in [5.74, 6) is 0.923. The Labute approximate surface area is 169 Å². The summed E-state index contributed by atoms with van der Waals surface area (Å²) >= 11 is 0. The van der Waals surface area contributed by atoms with E-state index < -0.39 is 0 Å². The predicted molar refractivity (Wildman–Crippen MR) is 117 cm³/mol. The van der Waals surface area contributed by atoms with Gasteiger partial charge in [-0.2, -0.15) is 4.58 Å². The molecule has 2 aromatic carbocycles. The topological polar surface area (TPSA) is 15.5 Å². The third-order valence-corrected chi connectivity index (χ3v) is 6.97. The molecule has 0 bridgehead atoms. The Bertz CT molecular complexity index is 997. The number of benzene rings is 2. The van der Waals surface area contributed by atoms with Crippen molar-refractivity contribution in [3.8, 4) is 5.75 Å². The summed E-state index contributed by atoms with van der Waals surface area (Å²) in [7, 11) is 3.90. The van der Waals surface area contributed by atoms with Gasteiger partial charge in [0.05, 0.1) is 12.5 Å². The molecule has 0 saturated heterocycles. The first-order valence-electron chi connectivity index (χ1n) is 10.1. The van der Waals surface area contributed by atoms with Crippen molar-refractivity contribution in [2.45, 2.75) is 51.5 Å². The minimum atomic E-state index is -0.0109. The van der Waals surface area contributed by atoms with E-state index in [2.05, 4.69) is 106 Å². The molecule has 146 valence electrons. The van der Waals surface area contributed by atoms with Gasteiger partial charge in [-0.15, -0.1) is 0 Å². The molecule has 0 saturated carbocycles. The molecule has 2 aliphatic rings. The zero-order valence-electron chi connectivity index (χ0n) is 18.1. The van der Waals surface area contributed by atoms with Crippen LogP contribution in [0.1, 0.15) is 45.7 Å². The Balaban J connectivity index is 1.81. The summed E-state index contributed by atoms with van der Waals surface area (Å²) in [6, 6.07) is 15.5. The van der Waals surface area contributed by atoms with Gasteiger partial charge in [-0.1, -0.05) is 32.0 Å². The van der Waals surface area contributed by atoms with Crippen LogP contribution in [-0.4, -0.2) is 31.0 Å². The summed E-state index contributed by atoms with van der Waals surface area (Å²) in [5, 5.41) is 0. The Kier molecular flexibility index (Phi) is 4.18. The number of hydrogen-bond donors (Lipinski definition) is 0. The average molecular weight is 376 g/mol. The lowest BCUT2D eigenvalue weighted by Crippen LogP contribution is -2.32. The standard InChI is InChI=1S/C25H31N2O/c1-17-24(2,3)20-16-18(28-7)12-13-22(20)27(17)15-14-23-25(4,5)19-10-8-9-11-21(19)26(23)6/h8-17H,1-7H3/q+1/t17-/m0/s1. The van der Waals surface area contributed by atoms with E-state index in [4.69, 9.17) is 4.74 Å². The van der Waals surface area contributed by atoms with E-state index in [-0.39, 0.29) is 10.8 Å². The van der Waals surface area contributed by atoms with Gasteiger partial charge in [-0.3, -0.25) is 0 Å². The van der Waals surface area contributed by atoms with Crippen LogP contribution < -0.4 is 9.64 Å². The van der Waals surface area contributed by atoms with Gasteiger partial charge in [-0.05, 0) is 44.5 Å². The molecule has 3 heteroatoms. The fourth-order valence-electron chi connectivity index (χ4n) is 4.83. The van der Waals surface area contributed by atoms with Crippen LogP contribution in [0.5, 0.6) is 5.75 Å². The Morgan fingerprint density at radius 1 is 1.04 bits per heavy atom. The van der Waals surface area contributed by atoms with Gasteiger partial charge in [0.15, 0.2) is 12.3 Å². The van der Waals surface area contributed by atoms with Crippen LogP contribution in [0, 0.1) is 0 Å². The first kappa shape index (κ1) is 18.8. The second kappa shape index (κ2) is 6.23. The fraction of sp³-hybridized carbons (Fsp3) is 0.400. The van der Waals surface area contributed by atoms with Crippen molar-refractivity contribution < 1.29 is 9.31 Å². The fourth-order valence-corrected chi connectivity index (χ4v) is 4.83. The number of likely N-dealkylation sites (N-methyl/N-ethyl adjacent to an activating group) is 1. The monoisotopic (exact) mass is 375 g/mol. The molecule has 3 nitrogen and oxygen atoms in total. The maximum Gasteiger partial charge on any atom is 0.209 e. The van der Waals surface area contributed by atoms with E-state index in [9.17, 15) is 0 Å². The van der Waals surface area contributed by atoms with Crippen LogP contribution in [0.3, 0.4) is 0 Å². The van der Waals surface area contributed by atoms with Crippen molar-refractivity contribution >= 4 is 17.6 Å². The molecule has 1 atom stereocenters. The van der Waals surface area contributed by atoms with E-state index in [1.165, 1.54) is 28.2 Å². The van der Waals surface area contributed by atoms with Crippen LogP contribution in [0.2, 0.25) is 0 Å². The number of hydrogen-bond acceptors (Lipinski definition) is 2. The van der Waals surface area contributed by atoms with Crippen molar-refractivity contribution in [2.24, 2.45) is 0 Å². The molecule has 0 N–H and O–H groups in total. The molecule has 0 aliphatic carbocycles. The van der Waals surface area contributed by atoms with Gasteiger partial charge in [0.1, 0.15) is 5.75 Å². The molecule has 0 radical (unpaired) electrons. The molecule has 2 heterocycles. The van der Waals surface area contributed by atoms with Crippen LogP contribution in [-0.2, 0) is 10.8 Å². The third kappa shape index (κ3) is 2.52. The minimum absolute atomic E-state index is 0.0109. The van der Waals surface area contributed by atoms with Gasteiger partial charge in [-0.25, -0.2) is 0 Å². The lowest BCUT2D eigenvalue weighted by atomic mass is 9.81. The number of anilines is 1. The van der Waals surface area contributed by atoms with Crippen LogP contribution in [0.4, 0.5) is 11.4 Å². The smallest absolute Gasteiger partial charge is 0.209 e. The van der Waals surface area contributed by atoms with Crippen molar-refractivity contribution in [1.82, 2.24) is 0 Å². The van der Waals surface area contributed by atoms with E-state index in [0.29, 0.717) is 6.04 Å². The first-order valence-corrected chi connectivity index (χ1v) is 10.1. The molecule has 0 spiro atoms. The van der Waals surface area contributed by atoms with Gasteiger partial charge < -0.3 is 9.64 Å². The molecule has 0 amide bonds. The zero-order chi connectivity index (χ0) is 20.3. The average Bonchev–Trinajstić information content (AvgIpc) is 2.99. The molecule has 28 heavy (non-hydrogen) atoms. The second-order valence-electron chi connectivity index (χ2n) is 9.09. The van der Waals surface area contributed by atoms with Crippen LogP contribution in [0.25, 0.3) is 0 Å². The summed E-state index contributed by atoms with van der Waals surface area (Å²) in [6.45, 7) is 11.6. The highest BCUT2D eigenvalue weighted by molar-refractivity contribution is 5.78. The highest BCUT2D eigenvalue weighted by atomic mass is 16.5. The normalized spacial score (nSPS) is 24.5. The maximum absolute atomic E-state index is 5.47. The van der Waals surface area contributed by atoms with Gasteiger partial charge in [0.2, 0.25) is 5.69 Å². The molecule has 2 aromatic rings. The third-order valence-electron chi connectivity index (χ3n) is 6.97. The largest absolute Gasteiger partial charge is 0.497 e. The minimum Gasteiger partial charge on any atom is -0.497 e. The van der Waals surface area contributed by atoms with Crippen molar-refractivity contribution in [3.63, 3.8) is 0 Å². The van der Waals surface area contributed by atoms with Gasteiger partial charge >= 0.3 is 0 Å². The Morgan fingerprint density at radius 3 is 2.43 bits per heavy atom. The molecular formula is C25H31N2O+. The number of ether oxygens (including phenoxy) is 1. The van der Waals surface area contributed by atoms with Crippen LogP contribution in [0.15, 0.2) is 54.2 Å². The Hall–Kier alpha value is -2.55. The van der Waals surface area contributed by atoms with E-state index in [1.54, 1.807) is 7.11 Å². The number of allylic oxidation sites excluding steroid dienone is 2.